The molecule has 0 bridgehead atoms. The summed E-state index contributed by atoms with van der Waals surface area (Å²) in [6, 6.07) is 0. The van der Waals surface area contributed by atoms with Crippen molar-refractivity contribution in [1.29, 1.82) is 0 Å². The molecule has 0 heterocycles. The highest BCUT2D eigenvalue weighted by atomic mass is 16.6. The van der Waals surface area contributed by atoms with Gasteiger partial charge in [0.1, 0.15) is 5.60 Å². The van der Waals surface area contributed by atoms with Crippen molar-refractivity contribution >= 4 is 6.09 Å². The normalized spacial score (nSPS) is 11.3. The van der Waals surface area contributed by atoms with Crippen molar-refractivity contribution in [2.45, 2.75) is 32.8 Å². The Morgan fingerprint density at radius 3 is 2.20 bits per heavy atom. The number of nitrogens with zero attached hydrogens (tertiary/aromatic N) is 1. The average molecular weight is 217 g/mol. The minimum atomic E-state index is -0.466. The van der Waals surface area contributed by atoms with Crippen LogP contribution in [0, 0.1) is 0 Å². The molecule has 0 atom stereocenters. The number of hydrogen-bond donors (Lipinski definition) is 2. The average Bonchev–Trinajstić information content (AvgIpc) is 2.09. The van der Waals surface area contributed by atoms with E-state index < -0.39 is 5.60 Å². The minimum Gasteiger partial charge on any atom is -0.444 e. The fourth-order valence-corrected chi connectivity index (χ4v) is 1.06. The second-order valence-corrected chi connectivity index (χ2v) is 4.40. The molecule has 0 aromatic rings. The Balaban J connectivity index is 4.15. The summed E-state index contributed by atoms with van der Waals surface area (Å²) >= 11 is 0. The number of amides is 1. The summed E-state index contributed by atoms with van der Waals surface area (Å²) in [7, 11) is 0. The van der Waals surface area contributed by atoms with Crippen LogP contribution in [0.25, 0.3) is 0 Å². The summed E-state index contributed by atoms with van der Waals surface area (Å²) in [5.74, 6) is 0. The first kappa shape index (κ1) is 14.2. The van der Waals surface area contributed by atoms with Crippen molar-refractivity contribution in [3.63, 3.8) is 0 Å². The van der Waals surface area contributed by atoms with Gasteiger partial charge in [-0.3, -0.25) is 0 Å². The van der Waals surface area contributed by atoms with Gasteiger partial charge in [0, 0.05) is 19.6 Å². The Kier molecular flexibility index (Phi) is 6.27. The van der Waals surface area contributed by atoms with Crippen molar-refractivity contribution in [1.82, 2.24) is 4.90 Å². The van der Waals surface area contributed by atoms with Gasteiger partial charge in [-0.1, -0.05) is 0 Å². The van der Waals surface area contributed by atoms with E-state index in [1.807, 2.05) is 20.8 Å². The first-order valence-corrected chi connectivity index (χ1v) is 5.28. The van der Waals surface area contributed by atoms with Crippen LogP contribution < -0.4 is 11.5 Å². The van der Waals surface area contributed by atoms with E-state index in [1.165, 1.54) is 0 Å². The zero-order valence-electron chi connectivity index (χ0n) is 9.95. The Morgan fingerprint density at radius 2 is 1.80 bits per heavy atom. The van der Waals surface area contributed by atoms with Crippen molar-refractivity contribution in [3.05, 3.63) is 0 Å². The molecule has 0 fully saturated rings. The van der Waals surface area contributed by atoms with Gasteiger partial charge >= 0.3 is 6.09 Å². The largest absolute Gasteiger partial charge is 0.444 e. The van der Waals surface area contributed by atoms with Crippen LogP contribution in [0.5, 0.6) is 0 Å². The second-order valence-electron chi connectivity index (χ2n) is 4.40. The third-order valence-corrected chi connectivity index (χ3v) is 1.68. The summed E-state index contributed by atoms with van der Waals surface area (Å²) in [6.07, 6.45) is 0.445. The minimum absolute atomic E-state index is 0.318. The molecule has 0 aliphatic carbocycles. The van der Waals surface area contributed by atoms with E-state index in [0.717, 1.165) is 6.42 Å². The van der Waals surface area contributed by atoms with Gasteiger partial charge in [0.15, 0.2) is 0 Å². The van der Waals surface area contributed by atoms with Crippen molar-refractivity contribution in [3.8, 4) is 0 Å². The molecular weight excluding hydrogens is 194 g/mol. The standard InChI is InChI=1S/C10H23N3O2/c1-10(2,3)15-9(14)13(8-6-12)7-4-5-11/h4-8,11-12H2,1-3H3. The molecule has 0 radical (unpaired) electrons. The van der Waals surface area contributed by atoms with Crippen LogP contribution in [-0.2, 0) is 4.74 Å². The summed E-state index contributed by atoms with van der Waals surface area (Å²) in [6.45, 7) is 7.63. The van der Waals surface area contributed by atoms with E-state index in [1.54, 1.807) is 4.90 Å². The predicted molar refractivity (Wildman–Crippen MR) is 60.5 cm³/mol. The van der Waals surface area contributed by atoms with Crippen LogP contribution in [0.4, 0.5) is 4.79 Å². The lowest BCUT2D eigenvalue weighted by molar-refractivity contribution is 0.0255. The lowest BCUT2D eigenvalue weighted by atomic mass is 10.2. The van der Waals surface area contributed by atoms with Crippen molar-refractivity contribution < 1.29 is 9.53 Å². The highest BCUT2D eigenvalue weighted by molar-refractivity contribution is 5.68. The topological polar surface area (TPSA) is 81.6 Å². The summed E-state index contributed by atoms with van der Waals surface area (Å²) < 4.78 is 5.24. The fourth-order valence-electron chi connectivity index (χ4n) is 1.06. The molecule has 4 N–H and O–H groups in total. The van der Waals surface area contributed by atoms with E-state index in [2.05, 4.69) is 0 Å². The second kappa shape index (κ2) is 6.63. The van der Waals surface area contributed by atoms with E-state index in [-0.39, 0.29) is 6.09 Å². The number of carbonyl (C=O) groups is 1. The summed E-state index contributed by atoms with van der Waals surface area (Å²) in [5, 5.41) is 0. The molecule has 0 rings (SSSR count). The molecule has 90 valence electrons. The van der Waals surface area contributed by atoms with Crippen LogP contribution in [0.1, 0.15) is 27.2 Å². The van der Waals surface area contributed by atoms with Crippen molar-refractivity contribution in [2.24, 2.45) is 11.5 Å². The maximum Gasteiger partial charge on any atom is 0.410 e. The third-order valence-electron chi connectivity index (χ3n) is 1.68. The van der Waals surface area contributed by atoms with Crippen LogP contribution in [0.3, 0.4) is 0 Å². The molecule has 0 aliphatic rings. The van der Waals surface area contributed by atoms with Gasteiger partial charge in [0.25, 0.3) is 0 Å². The highest BCUT2D eigenvalue weighted by Gasteiger charge is 2.20. The molecule has 0 aromatic heterocycles. The smallest absolute Gasteiger partial charge is 0.410 e. The maximum absolute atomic E-state index is 11.7. The fraction of sp³-hybridized carbons (Fsp3) is 0.900. The molecule has 5 heteroatoms. The molecule has 5 nitrogen and oxygen atoms in total. The van der Waals surface area contributed by atoms with Gasteiger partial charge in [-0.05, 0) is 33.7 Å². The van der Waals surface area contributed by atoms with Gasteiger partial charge in [-0.2, -0.15) is 0 Å². The lowest BCUT2D eigenvalue weighted by Gasteiger charge is -2.27. The Morgan fingerprint density at radius 1 is 1.20 bits per heavy atom. The van der Waals surface area contributed by atoms with Crippen LogP contribution in [0.2, 0.25) is 0 Å². The Bertz CT molecular complexity index is 190. The van der Waals surface area contributed by atoms with Crippen molar-refractivity contribution in [2.75, 3.05) is 26.2 Å². The molecule has 0 aromatic carbocycles. The Hall–Kier alpha value is -0.810. The van der Waals surface area contributed by atoms with Crippen LogP contribution >= 0.6 is 0 Å². The molecule has 0 aliphatic heterocycles. The number of nitrogens with two attached hydrogens (primary N) is 2. The van der Waals surface area contributed by atoms with Gasteiger partial charge in [-0.25, -0.2) is 4.79 Å². The number of hydrogen-bond acceptors (Lipinski definition) is 4. The highest BCUT2D eigenvalue weighted by Crippen LogP contribution is 2.09. The number of rotatable bonds is 5. The molecule has 0 saturated heterocycles. The van der Waals surface area contributed by atoms with Gasteiger partial charge in [0.2, 0.25) is 0 Å². The summed E-state index contributed by atoms with van der Waals surface area (Å²) in [4.78, 5) is 13.3. The molecule has 0 spiro atoms. The maximum atomic E-state index is 11.7. The van der Waals surface area contributed by atoms with Gasteiger partial charge in [-0.15, -0.1) is 0 Å². The SMILES string of the molecule is CC(C)(C)OC(=O)N(CCN)CCCN. The van der Waals surface area contributed by atoms with Gasteiger partial charge in [0.05, 0.1) is 0 Å². The molecule has 0 unspecified atom stereocenters. The zero-order valence-corrected chi connectivity index (χ0v) is 9.95. The third kappa shape index (κ3) is 7.16. The van der Waals surface area contributed by atoms with Gasteiger partial charge < -0.3 is 21.1 Å². The quantitative estimate of drug-likeness (QED) is 0.704. The molecule has 1 amide bonds. The number of carbonyl (C=O) groups excluding carboxylic acids is 1. The first-order valence-electron chi connectivity index (χ1n) is 5.28. The summed E-state index contributed by atoms with van der Waals surface area (Å²) in [5.41, 5.74) is 10.3. The monoisotopic (exact) mass is 217 g/mol. The lowest BCUT2D eigenvalue weighted by Crippen LogP contribution is -2.40. The van der Waals surface area contributed by atoms with E-state index in [4.69, 9.17) is 16.2 Å². The molecule has 15 heavy (non-hydrogen) atoms. The zero-order chi connectivity index (χ0) is 11.9. The Labute approximate surface area is 91.7 Å². The van der Waals surface area contributed by atoms with E-state index >= 15 is 0 Å². The van der Waals surface area contributed by atoms with E-state index in [9.17, 15) is 4.79 Å². The molecule has 0 saturated carbocycles. The van der Waals surface area contributed by atoms with Crippen LogP contribution in [-0.4, -0.2) is 42.8 Å². The van der Waals surface area contributed by atoms with E-state index in [0.29, 0.717) is 26.2 Å². The molecular formula is C10H23N3O2. The van der Waals surface area contributed by atoms with Crippen LogP contribution in [0.15, 0.2) is 0 Å². The predicted octanol–water partition coefficient (Wildman–Crippen LogP) is 0.531. The first-order chi connectivity index (χ1) is 6.90. The number of ether oxygens (including phenoxy) is 1.